The minimum atomic E-state index is 0.278. The second kappa shape index (κ2) is 7.70. The van der Waals surface area contributed by atoms with E-state index in [4.69, 9.17) is 9.47 Å². The van der Waals surface area contributed by atoms with E-state index in [-0.39, 0.29) is 11.9 Å². The van der Waals surface area contributed by atoms with Crippen molar-refractivity contribution in [3.8, 4) is 22.6 Å². The summed E-state index contributed by atoms with van der Waals surface area (Å²) in [7, 11) is 0. The van der Waals surface area contributed by atoms with E-state index in [1.165, 1.54) is 0 Å². The summed E-state index contributed by atoms with van der Waals surface area (Å²) in [6, 6.07) is 15.1. The van der Waals surface area contributed by atoms with Crippen molar-refractivity contribution in [1.29, 1.82) is 0 Å². The van der Waals surface area contributed by atoms with Crippen LogP contribution in [0.5, 0.6) is 11.5 Å². The van der Waals surface area contributed by atoms with E-state index < -0.39 is 0 Å². The maximum absolute atomic E-state index is 9.29. The summed E-state index contributed by atoms with van der Waals surface area (Å²) in [5.41, 5.74) is 2.16. The minimum Gasteiger partial charge on any atom is -0.508 e. The molecule has 3 nitrogen and oxygen atoms in total. The fraction of sp³-hybridized carbons (Fsp3) is 0.333. The summed E-state index contributed by atoms with van der Waals surface area (Å²) in [5, 5.41) is 9.29. The molecule has 0 fully saturated rings. The Morgan fingerprint density at radius 2 is 1.48 bits per heavy atom. The van der Waals surface area contributed by atoms with E-state index in [1.807, 2.05) is 36.4 Å². The third-order valence-corrected chi connectivity index (χ3v) is 3.38. The smallest absolute Gasteiger partial charge is 0.119 e. The summed E-state index contributed by atoms with van der Waals surface area (Å²) >= 11 is 0. The van der Waals surface area contributed by atoms with E-state index in [0.717, 1.165) is 23.3 Å². The van der Waals surface area contributed by atoms with Crippen molar-refractivity contribution < 1.29 is 14.6 Å². The van der Waals surface area contributed by atoms with Gasteiger partial charge in [-0.15, -0.1) is 0 Å². The highest BCUT2D eigenvalue weighted by Gasteiger charge is 2.01. The molecule has 0 aliphatic heterocycles. The number of hydrogen-bond acceptors (Lipinski definition) is 3. The molecule has 2 aromatic rings. The molecule has 0 radical (unpaired) electrons. The van der Waals surface area contributed by atoms with Gasteiger partial charge in [0.2, 0.25) is 0 Å². The van der Waals surface area contributed by atoms with E-state index in [0.29, 0.717) is 13.2 Å². The van der Waals surface area contributed by atoms with Gasteiger partial charge in [0.05, 0.1) is 12.7 Å². The largest absolute Gasteiger partial charge is 0.508 e. The minimum absolute atomic E-state index is 0.278. The van der Waals surface area contributed by atoms with Crippen LogP contribution in [0.2, 0.25) is 0 Å². The Kier molecular flexibility index (Phi) is 5.64. The lowest BCUT2D eigenvalue weighted by Crippen LogP contribution is -2.13. The molecule has 0 heterocycles. The predicted molar refractivity (Wildman–Crippen MR) is 84.7 cm³/mol. The topological polar surface area (TPSA) is 38.7 Å². The summed E-state index contributed by atoms with van der Waals surface area (Å²) < 4.78 is 11.2. The Balaban J connectivity index is 1.86. The molecule has 0 aliphatic carbocycles. The lowest BCUT2D eigenvalue weighted by molar-refractivity contribution is 0.0427. The highest BCUT2D eigenvalue weighted by atomic mass is 16.5. The number of phenols is 1. The van der Waals surface area contributed by atoms with Crippen LogP contribution in [0.4, 0.5) is 0 Å². The molecule has 1 unspecified atom stereocenters. The molecule has 0 saturated carbocycles. The number of phenolic OH excluding ortho intramolecular Hbond substituents is 1. The summed E-state index contributed by atoms with van der Waals surface area (Å²) in [6.45, 7) is 5.33. The maximum Gasteiger partial charge on any atom is 0.119 e. The average molecular weight is 286 g/mol. The van der Waals surface area contributed by atoms with E-state index in [9.17, 15) is 5.11 Å². The third-order valence-electron chi connectivity index (χ3n) is 3.38. The fourth-order valence-corrected chi connectivity index (χ4v) is 1.92. The van der Waals surface area contributed by atoms with Crippen LogP contribution in [0.15, 0.2) is 48.5 Å². The second-order valence-electron chi connectivity index (χ2n) is 5.01. The lowest BCUT2D eigenvalue weighted by atomic mass is 10.1. The molecular formula is C18H22O3. The van der Waals surface area contributed by atoms with Crippen LogP contribution in [-0.4, -0.2) is 24.4 Å². The quantitative estimate of drug-likeness (QED) is 0.773. The summed E-state index contributed by atoms with van der Waals surface area (Å²) in [4.78, 5) is 0. The van der Waals surface area contributed by atoms with Gasteiger partial charge in [0.15, 0.2) is 0 Å². The molecule has 0 bridgehead atoms. The molecule has 112 valence electrons. The van der Waals surface area contributed by atoms with E-state index in [1.54, 1.807) is 12.1 Å². The highest BCUT2D eigenvalue weighted by molar-refractivity contribution is 5.64. The van der Waals surface area contributed by atoms with Gasteiger partial charge in [0, 0.05) is 0 Å². The first-order chi connectivity index (χ1) is 10.2. The van der Waals surface area contributed by atoms with E-state index in [2.05, 4.69) is 13.8 Å². The van der Waals surface area contributed by atoms with Crippen LogP contribution in [0.1, 0.15) is 20.3 Å². The van der Waals surface area contributed by atoms with Crippen LogP contribution in [-0.2, 0) is 4.74 Å². The molecule has 0 saturated heterocycles. The number of rotatable bonds is 7. The van der Waals surface area contributed by atoms with Crippen LogP contribution in [0.3, 0.4) is 0 Å². The van der Waals surface area contributed by atoms with Crippen LogP contribution < -0.4 is 4.74 Å². The van der Waals surface area contributed by atoms with Gasteiger partial charge in [-0.1, -0.05) is 31.2 Å². The van der Waals surface area contributed by atoms with Gasteiger partial charge in [-0.05, 0) is 48.7 Å². The summed E-state index contributed by atoms with van der Waals surface area (Å²) in [5.74, 6) is 1.12. The molecule has 2 aromatic carbocycles. The molecule has 0 amide bonds. The zero-order chi connectivity index (χ0) is 15.1. The Morgan fingerprint density at radius 3 is 2.05 bits per heavy atom. The number of ether oxygens (including phenoxy) is 2. The SMILES string of the molecule is CCC(C)OCCOc1ccc(-c2ccc(O)cc2)cc1. The van der Waals surface area contributed by atoms with Gasteiger partial charge in [-0.2, -0.15) is 0 Å². The Morgan fingerprint density at radius 1 is 0.905 bits per heavy atom. The highest BCUT2D eigenvalue weighted by Crippen LogP contribution is 2.24. The van der Waals surface area contributed by atoms with Crippen molar-refractivity contribution in [3.05, 3.63) is 48.5 Å². The van der Waals surface area contributed by atoms with Crippen molar-refractivity contribution in [2.24, 2.45) is 0 Å². The molecule has 0 spiro atoms. The van der Waals surface area contributed by atoms with Gasteiger partial charge in [0.25, 0.3) is 0 Å². The molecular weight excluding hydrogens is 264 g/mol. The average Bonchev–Trinajstić information content (AvgIpc) is 2.52. The van der Waals surface area contributed by atoms with Crippen molar-refractivity contribution >= 4 is 0 Å². The Hall–Kier alpha value is -2.00. The third kappa shape index (κ3) is 4.80. The van der Waals surface area contributed by atoms with Gasteiger partial charge in [-0.3, -0.25) is 0 Å². The summed E-state index contributed by atoms with van der Waals surface area (Å²) in [6.07, 6.45) is 1.30. The van der Waals surface area contributed by atoms with Crippen LogP contribution in [0.25, 0.3) is 11.1 Å². The standard InChI is InChI=1S/C18H22O3/c1-3-14(2)20-12-13-21-18-10-6-16(7-11-18)15-4-8-17(19)9-5-15/h4-11,14,19H,3,12-13H2,1-2H3. The van der Waals surface area contributed by atoms with Crippen molar-refractivity contribution in [2.75, 3.05) is 13.2 Å². The predicted octanol–water partition coefficient (Wildman–Crippen LogP) is 4.25. The monoisotopic (exact) mass is 286 g/mol. The zero-order valence-electron chi connectivity index (χ0n) is 12.6. The molecule has 3 heteroatoms. The maximum atomic E-state index is 9.29. The van der Waals surface area contributed by atoms with Crippen molar-refractivity contribution in [1.82, 2.24) is 0 Å². The molecule has 21 heavy (non-hydrogen) atoms. The zero-order valence-corrected chi connectivity index (χ0v) is 12.6. The molecule has 2 rings (SSSR count). The van der Waals surface area contributed by atoms with Crippen LogP contribution in [0, 0.1) is 0 Å². The van der Waals surface area contributed by atoms with Gasteiger partial charge < -0.3 is 14.6 Å². The van der Waals surface area contributed by atoms with E-state index >= 15 is 0 Å². The Bertz CT molecular complexity index is 531. The number of aromatic hydroxyl groups is 1. The molecule has 1 atom stereocenters. The normalized spacial score (nSPS) is 12.1. The first kappa shape index (κ1) is 15.4. The Labute approximate surface area is 126 Å². The second-order valence-corrected chi connectivity index (χ2v) is 5.01. The lowest BCUT2D eigenvalue weighted by Gasteiger charge is -2.11. The first-order valence-electron chi connectivity index (χ1n) is 7.33. The molecule has 0 aliphatic rings. The van der Waals surface area contributed by atoms with Crippen LogP contribution >= 0.6 is 0 Å². The number of benzene rings is 2. The van der Waals surface area contributed by atoms with Gasteiger partial charge in [-0.25, -0.2) is 0 Å². The van der Waals surface area contributed by atoms with Gasteiger partial charge in [0.1, 0.15) is 18.1 Å². The van der Waals surface area contributed by atoms with Gasteiger partial charge >= 0.3 is 0 Å². The van der Waals surface area contributed by atoms with Crippen molar-refractivity contribution in [3.63, 3.8) is 0 Å². The molecule has 1 N–H and O–H groups in total. The first-order valence-corrected chi connectivity index (χ1v) is 7.33. The number of hydrogen-bond donors (Lipinski definition) is 1. The van der Waals surface area contributed by atoms with Crippen molar-refractivity contribution in [2.45, 2.75) is 26.4 Å². The fourth-order valence-electron chi connectivity index (χ4n) is 1.92. The molecule has 0 aromatic heterocycles.